The summed E-state index contributed by atoms with van der Waals surface area (Å²) in [5, 5.41) is 2.73. The van der Waals surface area contributed by atoms with Crippen LogP contribution >= 0.6 is 11.8 Å². The van der Waals surface area contributed by atoms with Crippen LogP contribution in [0.25, 0.3) is 6.08 Å². The van der Waals surface area contributed by atoms with E-state index in [0.29, 0.717) is 10.5 Å². The summed E-state index contributed by atoms with van der Waals surface area (Å²) in [6.45, 7) is 0.104. The Kier molecular flexibility index (Phi) is 5.38. The Hall–Kier alpha value is -3.06. The molecule has 6 nitrogen and oxygen atoms in total. The predicted octanol–water partition coefficient (Wildman–Crippen LogP) is 3.58. The van der Waals surface area contributed by atoms with E-state index in [4.69, 9.17) is 0 Å². The molecule has 1 aliphatic rings. The van der Waals surface area contributed by atoms with Crippen LogP contribution in [0.2, 0.25) is 0 Å². The maximum Gasteiger partial charge on any atom is 0.337 e. The largest absolute Gasteiger partial charge is 0.465 e. The van der Waals surface area contributed by atoms with E-state index in [9.17, 15) is 14.4 Å². The van der Waals surface area contributed by atoms with Crippen molar-refractivity contribution in [2.45, 2.75) is 0 Å². The number of carbonyl (C=O) groups is 3. The number of rotatable bonds is 5. The molecule has 1 aliphatic heterocycles. The Morgan fingerprint density at radius 2 is 1.81 bits per heavy atom. The predicted molar refractivity (Wildman–Crippen MR) is 101 cm³/mol. The first-order valence-corrected chi connectivity index (χ1v) is 8.63. The van der Waals surface area contributed by atoms with E-state index in [2.05, 4.69) is 10.1 Å². The molecular weight excluding hydrogens is 352 g/mol. The van der Waals surface area contributed by atoms with Crippen molar-refractivity contribution >= 4 is 40.6 Å². The summed E-state index contributed by atoms with van der Waals surface area (Å²) in [5.41, 5.74) is 1.97. The summed E-state index contributed by atoms with van der Waals surface area (Å²) in [5.74, 6) is -0.774. The quantitative estimate of drug-likeness (QED) is 0.642. The molecule has 2 amide bonds. The van der Waals surface area contributed by atoms with Gasteiger partial charge in [-0.1, -0.05) is 30.3 Å². The van der Waals surface area contributed by atoms with E-state index in [1.54, 1.807) is 30.3 Å². The van der Waals surface area contributed by atoms with Crippen LogP contribution in [0.5, 0.6) is 0 Å². The van der Waals surface area contributed by atoms with E-state index in [-0.39, 0.29) is 17.8 Å². The van der Waals surface area contributed by atoms with Crippen molar-refractivity contribution in [3.8, 4) is 0 Å². The second kappa shape index (κ2) is 7.88. The van der Waals surface area contributed by atoms with Gasteiger partial charge >= 0.3 is 5.97 Å². The van der Waals surface area contributed by atoms with Crippen molar-refractivity contribution in [2.75, 3.05) is 19.1 Å². The van der Waals surface area contributed by atoms with Crippen molar-refractivity contribution < 1.29 is 19.1 Å². The van der Waals surface area contributed by atoms with E-state index < -0.39 is 5.97 Å². The molecule has 7 heteroatoms. The highest BCUT2D eigenvalue weighted by Crippen LogP contribution is 2.32. The lowest BCUT2D eigenvalue weighted by Gasteiger charge is -2.14. The number of carbonyl (C=O) groups excluding carboxylic acids is 3. The standard InChI is InChI=1S/C19H16N2O4S/c1-25-18(23)14-9-7-13(8-10-14)11-16-17(22)21(19(24)26-16)12-20-15-5-3-2-4-6-15/h2-11,20H,12H2,1H3. The van der Waals surface area contributed by atoms with Gasteiger partial charge in [0.25, 0.3) is 11.1 Å². The second-order valence-corrected chi connectivity index (χ2v) is 6.42. The first-order chi connectivity index (χ1) is 12.6. The maximum absolute atomic E-state index is 12.5. The van der Waals surface area contributed by atoms with Gasteiger partial charge in [0.2, 0.25) is 0 Å². The molecule has 0 unspecified atom stereocenters. The minimum absolute atomic E-state index is 0.104. The SMILES string of the molecule is COC(=O)c1ccc(C=C2SC(=O)N(CNc3ccccc3)C2=O)cc1. The van der Waals surface area contributed by atoms with Crippen molar-refractivity contribution in [3.63, 3.8) is 0 Å². The Balaban J connectivity index is 1.69. The molecule has 1 saturated heterocycles. The molecular formula is C19H16N2O4S. The molecule has 0 saturated carbocycles. The summed E-state index contributed by atoms with van der Waals surface area (Å²) >= 11 is 0.894. The van der Waals surface area contributed by atoms with E-state index >= 15 is 0 Å². The van der Waals surface area contributed by atoms with Crippen molar-refractivity contribution in [1.29, 1.82) is 0 Å². The second-order valence-electron chi connectivity index (χ2n) is 5.42. The average molecular weight is 368 g/mol. The average Bonchev–Trinajstić information content (AvgIpc) is 2.94. The molecule has 3 rings (SSSR count). The number of amides is 2. The smallest absolute Gasteiger partial charge is 0.337 e. The Bertz CT molecular complexity index is 863. The number of hydrogen-bond donors (Lipinski definition) is 1. The van der Waals surface area contributed by atoms with Gasteiger partial charge in [-0.3, -0.25) is 14.5 Å². The summed E-state index contributed by atoms with van der Waals surface area (Å²) in [4.78, 5) is 37.5. The van der Waals surface area contributed by atoms with Gasteiger partial charge in [-0.2, -0.15) is 0 Å². The zero-order chi connectivity index (χ0) is 18.5. The highest BCUT2D eigenvalue weighted by atomic mass is 32.2. The Morgan fingerprint density at radius 3 is 2.46 bits per heavy atom. The monoisotopic (exact) mass is 368 g/mol. The lowest BCUT2D eigenvalue weighted by Crippen LogP contribution is -2.33. The fourth-order valence-electron chi connectivity index (χ4n) is 2.35. The van der Waals surface area contributed by atoms with Crippen LogP contribution in [-0.4, -0.2) is 35.8 Å². The van der Waals surface area contributed by atoms with Gasteiger partial charge in [0, 0.05) is 5.69 Å². The number of thioether (sulfide) groups is 1. The molecule has 26 heavy (non-hydrogen) atoms. The van der Waals surface area contributed by atoms with Gasteiger partial charge in [-0.15, -0.1) is 0 Å². The lowest BCUT2D eigenvalue weighted by molar-refractivity contribution is -0.122. The van der Waals surface area contributed by atoms with Crippen LogP contribution in [0, 0.1) is 0 Å². The first kappa shape index (κ1) is 17.8. The fourth-order valence-corrected chi connectivity index (χ4v) is 3.19. The minimum Gasteiger partial charge on any atom is -0.465 e. The molecule has 0 bridgehead atoms. The van der Waals surface area contributed by atoms with E-state index in [0.717, 1.165) is 27.9 Å². The number of benzene rings is 2. The normalized spacial score (nSPS) is 15.4. The lowest BCUT2D eigenvalue weighted by atomic mass is 10.1. The summed E-state index contributed by atoms with van der Waals surface area (Å²) in [7, 11) is 1.32. The summed E-state index contributed by atoms with van der Waals surface area (Å²) in [6, 6.07) is 16.0. The Labute approximate surface area is 154 Å². The van der Waals surface area contributed by atoms with Gasteiger partial charge in [0.1, 0.15) is 0 Å². The van der Waals surface area contributed by atoms with Crippen LogP contribution < -0.4 is 5.32 Å². The van der Waals surface area contributed by atoms with Gasteiger partial charge in [0.05, 0.1) is 24.2 Å². The molecule has 2 aromatic rings. The number of hydrogen-bond acceptors (Lipinski definition) is 6. The van der Waals surface area contributed by atoms with Crippen LogP contribution in [0.4, 0.5) is 10.5 Å². The van der Waals surface area contributed by atoms with Gasteiger partial charge < -0.3 is 10.1 Å². The molecule has 0 aromatic heterocycles. The summed E-state index contributed by atoms with van der Waals surface area (Å²) in [6.07, 6.45) is 1.63. The van der Waals surface area contributed by atoms with Crippen LogP contribution in [-0.2, 0) is 9.53 Å². The van der Waals surface area contributed by atoms with Gasteiger partial charge in [-0.05, 0) is 47.7 Å². The topological polar surface area (TPSA) is 75.7 Å². The fraction of sp³-hybridized carbons (Fsp3) is 0.105. The van der Waals surface area contributed by atoms with Crippen LogP contribution in [0.15, 0.2) is 59.5 Å². The number of anilines is 1. The molecule has 132 valence electrons. The molecule has 1 N–H and O–H groups in total. The number of methoxy groups -OCH3 is 1. The van der Waals surface area contributed by atoms with Crippen molar-refractivity contribution in [3.05, 3.63) is 70.6 Å². The van der Waals surface area contributed by atoms with Gasteiger partial charge in [-0.25, -0.2) is 4.79 Å². The number of nitrogens with one attached hydrogen (secondary N) is 1. The third kappa shape index (κ3) is 3.94. The molecule has 0 radical (unpaired) electrons. The van der Waals surface area contributed by atoms with Crippen molar-refractivity contribution in [2.24, 2.45) is 0 Å². The van der Waals surface area contributed by atoms with E-state index in [1.165, 1.54) is 7.11 Å². The zero-order valence-corrected chi connectivity index (χ0v) is 14.8. The molecule has 0 spiro atoms. The molecule has 0 atom stereocenters. The summed E-state index contributed by atoms with van der Waals surface area (Å²) < 4.78 is 4.65. The molecule has 0 aliphatic carbocycles. The van der Waals surface area contributed by atoms with Crippen molar-refractivity contribution in [1.82, 2.24) is 4.90 Å². The highest BCUT2D eigenvalue weighted by Gasteiger charge is 2.34. The third-order valence-electron chi connectivity index (χ3n) is 3.72. The number of ether oxygens (including phenoxy) is 1. The number of nitrogens with zero attached hydrogens (tertiary/aromatic N) is 1. The number of para-hydroxylation sites is 1. The van der Waals surface area contributed by atoms with Gasteiger partial charge in [0.15, 0.2) is 0 Å². The zero-order valence-electron chi connectivity index (χ0n) is 14.0. The molecule has 1 heterocycles. The van der Waals surface area contributed by atoms with Crippen LogP contribution in [0.1, 0.15) is 15.9 Å². The van der Waals surface area contributed by atoms with Crippen LogP contribution in [0.3, 0.4) is 0 Å². The minimum atomic E-state index is -0.427. The molecule has 2 aromatic carbocycles. The number of imide groups is 1. The first-order valence-electron chi connectivity index (χ1n) is 7.81. The highest BCUT2D eigenvalue weighted by molar-refractivity contribution is 8.18. The Morgan fingerprint density at radius 1 is 1.12 bits per heavy atom. The third-order valence-corrected chi connectivity index (χ3v) is 4.63. The molecule has 1 fully saturated rings. The van der Waals surface area contributed by atoms with E-state index in [1.807, 2.05) is 30.3 Å². The number of esters is 1. The maximum atomic E-state index is 12.5.